The maximum atomic E-state index is 5.99. The van der Waals surface area contributed by atoms with E-state index in [0.717, 1.165) is 16.6 Å². The molecule has 0 saturated carbocycles. The summed E-state index contributed by atoms with van der Waals surface area (Å²) in [5.41, 5.74) is 3.05. The van der Waals surface area contributed by atoms with Crippen LogP contribution in [-0.2, 0) is 0 Å². The van der Waals surface area contributed by atoms with Gasteiger partial charge < -0.3 is 9.47 Å². The summed E-state index contributed by atoms with van der Waals surface area (Å²) in [6.07, 6.45) is 3.43. The highest BCUT2D eigenvalue weighted by atomic mass is 35.5. The quantitative estimate of drug-likeness (QED) is 0.451. The van der Waals surface area contributed by atoms with Crippen molar-refractivity contribution >= 4 is 28.3 Å². The summed E-state index contributed by atoms with van der Waals surface area (Å²) in [4.78, 5) is 4.60. The summed E-state index contributed by atoms with van der Waals surface area (Å²) in [6.45, 7) is 0. The van der Waals surface area contributed by atoms with Crippen molar-refractivity contribution in [3.63, 3.8) is 0 Å². The van der Waals surface area contributed by atoms with Crippen molar-refractivity contribution in [2.75, 3.05) is 14.2 Å². The molecular formula is C20H15ClN6O2. The zero-order valence-corrected chi connectivity index (χ0v) is 16.3. The summed E-state index contributed by atoms with van der Waals surface area (Å²) in [7, 11) is 3.20. The molecule has 144 valence electrons. The Bertz CT molecular complexity index is 1340. The van der Waals surface area contributed by atoms with Crippen LogP contribution >= 0.6 is 11.6 Å². The van der Waals surface area contributed by atoms with Gasteiger partial charge in [-0.1, -0.05) is 11.6 Å². The average Bonchev–Trinajstić information content (AvgIpc) is 3.38. The number of aromatic nitrogens is 6. The van der Waals surface area contributed by atoms with E-state index in [1.54, 1.807) is 31.4 Å². The second-order valence-corrected chi connectivity index (χ2v) is 6.74. The molecule has 8 nitrogen and oxygen atoms in total. The lowest BCUT2D eigenvalue weighted by Crippen LogP contribution is -1.99. The number of hydrogen-bond acceptors (Lipinski definition) is 6. The molecule has 0 spiro atoms. The van der Waals surface area contributed by atoms with Gasteiger partial charge in [-0.3, -0.25) is 4.40 Å². The Balaban J connectivity index is 1.66. The highest BCUT2D eigenvalue weighted by Crippen LogP contribution is 2.32. The number of rotatable bonds is 4. The summed E-state index contributed by atoms with van der Waals surface area (Å²) in [6, 6.07) is 13.0. The van der Waals surface area contributed by atoms with Gasteiger partial charge >= 0.3 is 0 Å². The minimum absolute atomic E-state index is 0.617. The largest absolute Gasteiger partial charge is 0.493 e. The monoisotopic (exact) mass is 406 g/mol. The van der Waals surface area contributed by atoms with Crippen molar-refractivity contribution in [1.29, 1.82) is 0 Å². The molecular weight excluding hydrogens is 392 g/mol. The molecule has 3 aromatic heterocycles. The van der Waals surface area contributed by atoms with Crippen molar-refractivity contribution in [3.8, 4) is 28.6 Å². The average molecular weight is 407 g/mol. The second-order valence-electron chi connectivity index (χ2n) is 6.30. The van der Waals surface area contributed by atoms with Crippen LogP contribution < -0.4 is 9.47 Å². The van der Waals surface area contributed by atoms with E-state index >= 15 is 0 Å². The van der Waals surface area contributed by atoms with E-state index < -0.39 is 0 Å². The Morgan fingerprint density at radius 2 is 1.69 bits per heavy atom. The van der Waals surface area contributed by atoms with Crippen LogP contribution in [0.5, 0.6) is 11.5 Å². The van der Waals surface area contributed by atoms with E-state index in [9.17, 15) is 0 Å². The van der Waals surface area contributed by atoms with Gasteiger partial charge in [0, 0.05) is 10.6 Å². The van der Waals surface area contributed by atoms with Crippen LogP contribution in [0, 0.1) is 0 Å². The van der Waals surface area contributed by atoms with Gasteiger partial charge in [-0.2, -0.15) is 5.10 Å². The third-order valence-corrected chi connectivity index (χ3v) is 4.94. The number of halogens is 1. The number of nitrogens with zero attached hydrogens (tertiary/aromatic N) is 6. The summed E-state index contributed by atoms with van der Waals surface area (Å²) in [5.74, 6) is 1.91. The number of ether oxygens (including phenoxy) is 2. The first kappa shape index (κ1) is 17.4. The topological polar surface area (TPSA) is 79.4 Å². The van der Waals surface area contributed by atoms with Gasteiger partial charge in [0.25, 0.3) is 0 Å². The van der Waals surface area contributed by atoms with Gasteiger partial charge in [0.1, 0.15) is 6.33 Å². The fraction of sp³-hybridized carbons (Fsp3) is 0.100. The van der Waals surface area contributed by atoms with Crippen LogP contribution in [0.4, 0.5) is 0 Å². The zero-order chi connectivity index (χ0) is 20.0. The van der Waals surface area contributed by atoms with Crippen molar-refractivity contribution in [3.05, 3.63) is 60.0 Å². The number of methoxy groups -OCH3 is 2. The third-order valence-electron chi connectivity index (χ3n) is 4.69. The maximum absolute atomic E-state index is 5.99. The number of hydrogen-bond donors (Lipinski definition) is 0. The molecule has 0 aliphatic rings. The van der Waals surface area contributed by atoms with E-state index in [1.807, 2.05) is 46.9 Å². The summed E-state index contributed by atoms with van der Waals surface area (Å²) in [5, 5.41) is 14.7. The molecule has 0 atom stereocenters. The van der Waals surface area contributed by atoms with Crippen molar-refractivity contribution in [1.82, 2.24) is 29.4 Å². The molecule has 0 saturated heterocycles. The predicted octanol–water partition coefficient (Wildman–Crippen LogP) is 3.80. The highest BCUT2D eigenvalue weighted by Gasteiger charge is 2.16. The molecule has 9 heteroatoms. The van der Waals surface area contributed by atoms with E-state index in [1.165, 1.54) is 0 Å². The van der Waals surface area contributed by atoms with Gasteiger partial charge in [0.2, 0.25) is 0 Å². The molecule has 2 aromatic carbocycles. The first-order valence-corrected chi connectivity index (χ1v) is 9.13. The Labute approximate surface area is 170 Å². The second kappa shape index (κ2) is 6.75. The number of fused-ring (bicyclic) bond motifs is 3. The van der Waals surface area contributed by atoms with Crippen LogP contribution in [0.3, 0.4) is 0 Å². The smallest absolute Gasteiger partial charge is 0.175 e. The van der Waals surface area contributed by atoms with Crippen LogP contribution in [0.2, 0.25) is 5.02 Å². The Kier molecular flexibility index (Phi) is 4.06. The van der Waals surface area contributed by atoms with Crippen molar-refractivity contribution < 1.29 is 9.47 Å². The lowest BCUT2D eigenvalue weighted by molar-refractivity contribution is 0.355. The lowest BCUT2D eigenvalue weighted by Gasteiger charge is -2.08. The van der Waals surface area contributed by atoms with Gasteiger partial charge in [0.15, 0.2) is 28.6 Å². The molecule has 0 fully saturated rings. The maximum Gasteiger partial charge on any atom is 0.175 e. The third kappa shape index (κ3) is 2.76. The molecule has 5 rings (SSSR count). The summed E-state index contributed by atoms with van der Waals surface area (Å²) >= 11 is 5.99. The lowest BCUT2D eigenvalue weighted by atomic mass is 10.2. The van der Waals surface area contributed by atoms with Crippen LogP contribution in [-0.4, -0.2) is 43.6 Å². The normalized spacial score (nSPS) is 11.3. The van der Waals surface area contributed by atoms with E-state index in [2.05, 4.69) is 20.3 Å². The molecule has 0 aliphatic heterocycles. The number of benzene rings is 2. The molecule has 3 heterocycles. The van der Waals surface area contributed by atoms with Crippen LogP contribution in [0.15, 0.2) is 55.0 Å². The minimum atomic E-state index is 0.617. The fourth-order valence-corrected chi connectivity index (χ4v) is 3.39. The van der Waals surface area contributed by atoms with Gasteiger partial charge in [-0.25, -0.2) is 9.67 Å². The van der Waals surface area contributed by atoms with E-state index in [0.29, 0.717) is 33.6 Å². The Morgan fingerprint density at radius 1 is 0.897 bits per heavy atom. The minimum Gasteiger partial charge on any atom is -0.493 e. The molecule has 5 aromatic rings. The molecule has 0 amide bonds. The molecule has 0 aliphatic carbocycles. The standard InChI is InChI=1S/C20H15ClN6O2/c1-28-16-8-3-12(9-17(16)29-2)18-24-25-20-15-10-23-27(19(15)22-11-26(18)20)14-6-4-13(21)5-7-14/h3-11H,1-2H3. The van der Waals surface area contributed by atoms with Gasteiger partial charge in [-0.15, -0.1) is 10.2 Å². The fourth-order valence-electron chi connectivity index (χ4n) is 3.26. The van der Waals surface area contributed by atoms with Crippen molar-refractivity contribution in [2.45, 2.75) is 0 Å². The molecule has 0 radical (unpaired) electrons. The van der Waals surface area contributed by atoms with E-state index in [4.69, 9.17) is 21.1 Å². The molecule has 0 bridgehead atoms. The molecule has 29 heavy (non-hydrogen) atoms. The zero-order valence-electron chi connectivity index (χ0n) is 15.6. The Hall–Kier alpha value is -3.65. The van der Waals surface area contributed by atoms with E-state index in [-0.39, 0.29) is 0 Å². The van der Waals surface area contributed by atoms with Crippen molar-refractivity contribution in [2.24, 2.45) is 0 Å². The first-order chi connectivity index (χ1) is 14.2. The first-order valence-electron chi connectivity index (χ1n) is 8.75. The highest BCUT2D eigenvalue weighted by molar-refractivity contribution is 6.30. The molecule has 0 N–H and O–H groups in total. The summed E-state index contributed by atoms with van der Waals surface area (Å²) < 4.78 is 14.3. The Morgan fingerprint density at radius 3 is 2.45 bits per heavy atom. The SMILES string of the molecule is COc1ccc(-c2nnc3c4cnn(-c5ccc(Cl)cc5)c4ncn23)cc1OC. The predicted molar refractivity (Wildman–Crippen MR) is 109 cm³/mol. The van der Waals surface area contributed by atoms with Gasteiger partial charge in [0.05, 0.1) is 31.5 Å². The molecule has 0 unspecified atom stereocenters. The van der Waals surface area contributed by atoms with Gasteiger partial charge in [-0.05, 0) is 42.5 Å². The van der Waals surface area contributed by atoms with Crippen LogP contribution in [0.1, 0.15) is 0 Å². The van der Waals surface area contributed by atoms with Crippen LogP contribution in [0.25, 0.3) is 33.8 Å².